The molecule has 2 N–H and O–H groups in total. The first-order valence-electron chi connectivity index (χ1n) is 19.9. The van der Waals surface area contributed by atoms with E-state index in [1.165, 1.54) is 22.5 Å². The Balaban J connectivity index is 0.960. The van der Waals surface area contributed by atoms with Crippen molar-refractivity contribution >= 4 is 40.8 Å². The largest absolute Gasteiger partial charge is 0.461 e. The number of ether oxygens (including phenoxy) is 1. The van der Waals surface area contributed by atoms with Gasteiger partial charge in [0.1, 0.15) is 24.2 Å². The van der Waals surface area contributed by atoms with Gasteiger partial charge in [0.15, 0.2) is 0 Å². The number of hydrogen-bond acceptors (Lipinski definition) is 10. The number of piperazine rings is 1. The molecule has 0 unspecified atom stereocenters. The van der Waals surface area contributed by atoms with E-state index in [9.17, 15) is 23.9 Å². The molecule has 3 aromatic rings. The van der Waals surface area contributed by atoms with E-state index in [0.29, 0.717) is 25.1 Å². The number of aromatic nitrogens is 3. The van der Waals surface area contributed by atoms with Crippen LogP contribution in [0.4, 0.5) is 15.8 Å². The molecule has 4 fully saturated rings. The summed E-state index contributed by atoms with van der Waals surface area (Å²) in [5.74, 6) is -0.942. The lowest BCUT2D eigenvalue weighted by Crippen LogP contribution is -2.63. The van der Waals surface area contributed by atoms with Crippen LogP contribution in [0, 0.1) is 39.8 Å². The van der Waals surface area contributed by atoms with Gasteiger partial charge < -0.3 is 20.1 Å². The van der Waals surface area contributed by atoms with Gasteiger partial charge in [0.05, 0.1) is 29.4 Å². The Morgan fingerprint density at radius 2 is 1.88 bits per heavy atom. The Morgan fingerprint density at radius 1 is 1.11 bits per heavy atom. The third-order valence-electron chi connectivity index (χ3n) is 13.9. The highest BCUT2D eigenvalue weighted by Gasteiger charge is 2.68. The van der Waals surface area contributed by atoms with E-state index in [1.54, 1.807) is 30.5 Å². The van der Waals surface area contributed by atoms with Gasteiger partial charge in [0, 0.05) is 66.5 Å². The van der Waals surface area contributed by atoms with E-state index in [0.717, 1.165) is 61.7 Å². The van der Waals surface area contributed by atoms with Crippen molar-refractivity contribution in [1.82, 2.24) is 19.9 Å². The summed E-state index contributed by atoms with van der Waals surface area (Å²) in [5, 5.41) is 23.3. The maximum absolute atomic E-state index is 13.8. The number of nitrogens with zero attached hydrogens (tertiary/aromatic N) is 5. The molecule has 0 spiro atoms. The third-order valence-corrected chi connectivity index (χ3v) is 15.0. The second kappa shape index (κ2) is 16.1. The number of ketones is 1. The molecule has 300 valence electrons. The van der Waals surface area contributed by atoms with Crippen LogP contribution in [0.2, 0.25) is 0 Å². The molecule has 8 atom stereocenters. The molecule has 56 heavy (non-hydrogen) atoms. The second-order valence-corrected chi connectivity index (χ2v) is 18.1. The fourth-order valence-corrected chi connectivity index (χ4v) is 11.2. The Morgan fingerprint density at radius 3 is 2.62 bits per heavy atom. The zero-order valence-corrected chi connectivity index (χ0v) is 33.8. The highest BCUT2D eigenvalue weighted by Crippen LogP contribution is 2.68. The highest BCUT2D eigenvalue weighted by molar-refractivity contribution is 8.00. The quantitative estimate of drug-likeness (QED) is 0.128. The Bertz CT molecular complexity index is 1950. The zero-order chi connectivity index (χ0) is 39.8. The van der Waals surface area contributed by atoms with Gasteiger partial charge in [-0.05, 0) is 73.3 Å². The van der Waals surface area contributed by atoms with Crippen molar-refractivity contribution in [2.75, 3.05) is 42.1 Å². The summed E-state index contributed by atoms with van der Waals surface area (Å²) in [4.78, 5) is 45.9. The van der Waals surface area contributed by atoms with Crippen molar-refractivity contribution in [1.29, 1.82) is 0 Å². The van der Waals surface area contributed by atoms with Gasteiger partial charge in [0.2, 0.25) is 5.91 Å². The molecule has 7 rings (SSSR count). The SMILES string of the molecule is C=C[C@]1(C)C[C@@H](OC(=O)CSc2ccccc2NC(=O)Cn2cc(CN3CCN(c4cccc(F)c4)CC3)nn2)[C@]2(C)[C@H](C)CC[C@]3(CCC(=O)[C@H]32)[C@@H](C)[C@@H]1O. The lowest BCUT2D eigenvalue weighted by atomic mass is 9.44. The molecule has 13 heteroatoms. The molecule has 2 aromatic carbocycles. The maximum Gasteiger partial charge on any atom is 0.316 e. The number of amides is 1. The first kappa shape index (κ1) is 40.1. The van der Waals surface area contributed by atoms with Crippen molar-refractivity contribution in [3.63, 3.8) is 0 Å². The van der Waals surface area contributed by atoms with Gasteiger partial charge in [-0.25, -0.2) is 9.07 Å². The van der Waals surface area contributed by atoms with Gasteiger partial charge in [0.25, 0.3) is 0 Å². The van der Waals surface area contributed by atoms with E-state index >= 15 is 0 Å². The number of para-hydroxylation sites is 1. The first-order valence-corrected chi connectivity index (χ1v) is 20.9. The van der Waals surface area contributed by atoms with Crippen molar-refractivity contribution in [3.8, 4) is 0 Å². The summed E-state index contributed by atoms with van der Waals surface area (Å²) in [6.45, 7) is 16.2. The van der Waals surface area contributed by atoms with Gasteiger partial charge in [-0.1, -0.05) is 57.2 Å². The number of aliphatic hydroxyl groups is 1. The van der Waals surface area contributed by atoms with Crippen LogP contribution in [-0.2, 0) is 32.2 Å². The fourth-order valence-electron chi connectivity index (χ4n) is 10.4. The number of carbonyl (C=O) groups excluding carboxylic acids is 3. The number of hydrogen-bond donors (Lipinski definition) is 2. The molecule has 3 aliphatic carbocycles. The number of esters is 1. The first-order chi connectivity index (χ1) is 26.8. The smallest absolute Gasteiger partial charge is 0.316 e. The van der Waals surface area contributed by atoms with Crippen molar-refractivity contribution in [3.05, 3.63) is 78.9 Å². The summed E-state index contributed by atoms with van der Waals surface area (Å²) >= 11 is 1.28. The summed E-state index contributed by atoms with van der Waals surface area (Å²) in [7, 11) is 0. The number of anilines is 2. The Kier molecular flexibility index (Phi) is 11.5. The van der Waals surface area contributed by atoms with Gasteiger partial charge in [-0.3, -0.25) is 19.3 Å². The van der Waals surface area contributed by atoms with Crippen LogP contribution >= 0.6 is 11.8 Å². The molecule has 1 amide bonds. The molecule has 2 bridgehead atoms. The average molecular weight is 787 g/mol. The number of nitrogens with one attached hydrogen (secondary N) is 1. The van der Waals surface area contributed by atoms with Crippen LogP contribution in [0.25, 0.3) is 0 Å². The number of Topliss-reactive ketones (excluding diaryl/α,β-unsaturated/α-hetero) is 1. The maximum atomic E-state index is 13.8. The molecule has 0 radical (unpaired) electrons. The predicted molar refractivity (Wildman–Crippen MR) is 214 cm³/mol. The predicted octanol–water partition coefficient (Wildman–Crippen LogP) is 6.38. The summed E-state index contributed by atoms with van der Waals surface area (Å²) < 4.78 is 21.6. The van der Waals surface area contributed by atoms with Crippen molar-refractivity contribution in [2.24, 2.45) is 34.0 Å². The fraction of sp³-hybridized carbons (Fsp3) is 0.558. The minimum absolute atomic E-state index is 0.00426. The van der Waals surface area contributed by atoms with Gasteiger partial charge in [-0.15, -0.1) is 23.4 Å². The number of halogens is 1. The van der Waals surface area contributed by atoms with Crippen LogP contribution in [0.5, 0.6) is 0 Å². The third kappa shape index (κ3) is 7.66. The lowest BCUT2D eigenvalue weighted by molar-refractivity contribution is -0.205. The Hall–Kier alpha value is -4.07. The topological polar surface area (TPSA) is 130 Å². The molecule has 11 nitrogen and oxygen atoms in total. The number of thioether (sulfide) groups is 1. The van der Waals surface area contributed by atoms with Crippen LogP contribution in [0.15, 0.2) is 72.3 Å². The van der Waals surface area contributed by atoms with Crippen LogP contribution < -0.4 is 10.2 Å². The minimum Gasteiger partial charge on any atom is -0.461 e. The highest BCUT2D eigenvalue weighted by atomic mass is 32.2. The van der Waals surface area contributed by atoms with Crippen molar-refractivity contribution < 1.29 is 28.6 Å². The van der Waals surface area contributed by atoms with Gasteiger partial charge >= 0.3 is 5.97 Å². The van der Waals surface area contributed by atoms with Gasteiger partial charge in [-0.2, -0.15) is 0 Å². The molecule has 4 aliphatic rings. The zero-order valence-electron chi connectivity index (χ0n) is 33.0. The minimum atomic E-state index is -0.725. The standard InChI is InChI=1S/C43H55FN6O5S/c1-6-41(4)23-36(42(5)28(2)14-16-43(29(3)40(41)54)17-15-34(51)39(42)43)55-38(53)27-56-35-13-8-7-12-33(35)45-37(52)26-50-25-31(46-47-50)24-48-18-20-49(21-19-48)32-11-9-10-30(44)22-32/h6-13,22,25,28-29,36,39-40,54H,1,14-21,23-24,26-27H2,2-5H3,(H,45,52)/t28-,29+,36-,39+,40+,41-,42+,43+/m1/s1. The normalized spacial score (nSPS) is 31.9. The number of aliphatic hydroxyl groups excluding tert-OH is 1. The van der Waals surface area contributed by atoms with E-state index in [2.05, 4.69) is 52.8 Å². The lowest BCUT2D eigenvalue weighted by Gasteiger charge is -2.61. The number of benzene rings is 2. The molecule has 2 heterocycles. The van der Waals surface area contributed by atoms with E-state index in [4.69, 9.17) is 4.74 Å². The molecular formula is C43H55FN6O5S. The average Bonchev–Trinajstić information content (AvgIpc) is 3.78. The summed E-state index contributed by atoms with van der Waals surface area (Å²) in [5.41, 5.74) is 0.579. The molecule has 1 saturated heterocycles. The number of rotatable bonds is 11. The Labute approximate surface area is 333 Å². The number of carbonyl (C=O) groups is 3. The molecular weight excluding hydrogens is 732 g/mol. The monoisotopic (exact) mass is 786 g/mol. The molecule has 3 saturated carbocycles. The van der Waals surface area contributed by atoms with E-state index in [1.807, 2.05) is 31.2 Å². The van der Waals surface area contributed by atoms with Crippen molar-refractivity contribution in [2.45, 2.75) is 90.0 Å². The summed E-state index contributed by atoms with van der Waals surface area (Å²) in [6, 6.07) is 14.0. The van der Waals surface area contributed by atoms with E-state index in [-0.39, 0.29) is 53.0 Å². The molecule has 1 aliphatic heterocycles. The van der Waals surface area contributed by atoms with Crippen LogP contribution in [-0.4, -0.2) is 86.8 Å². The van der Waals surface area contributed by atoms with E-state index < -0.39 is 29.0 Å². The second-order valence-electron chi connectivity index (χ2n) is 17.0. The van der Waals surface area contributed by atoms with Crippen LogP contribution in [0.3, 0.4) is 0 Å². The summed E-state index contributed by atoms with van der Waals surface area (Å²) in [6.07, 6.45) is 5.67. The molecule has 1 aromatic heterocycles. The van der Waals surface area contributed by atoms with Crippen LogP contribution in [0.1, 0.15) is 65.5 Å².